The molecule has 0 aliphatic heterocycles. The third kappa shape index (κ3) is 2.31. The first-order chi connectivity index (χ1) is 6.31. The first-order valence-electron chi connectivity index (χ1n) is 4.44. The van der Waals surface area contributed by atoms with E-state index >= 15 is 0 Å². The molecule has 0 fully saturated rings. The van der Waals surface area contributed by atoms with Gasteiger partial charge in [-0.25, -0.2) is 0 Å². The van der Waals surface area contributed by atoms with E-state index in [0.29, 0.717) is 18.1 Å². The summed E-state index contributed by atoms with van der Waals surface area (Å²) in [5.74, 6) is 0. The lowest BCUT2D eigenvalue weighted by atomic mass is 10.4. The fraction of sp³-hybridized carbons (Fsp3) is 0.556. The standard InChI is InChI=1S/C9H14N2O2/c1-3-11(4-2)9-10-8(5-6-12)7-13-9/h6-7H,3-5H2,1-2H3. The maximum absolute atomic E-state index is 10.2. The van der Waals surface area contributed by atoms with Crippen molar-refractivity contribution < 1.29 is 9.21 Å². The lowest BCUT2D eigenvalue weighted by molar-refractivity contribution is -0.107. The lowest BCUT2D eigenvalue weighted by Crippen LogP contribution is -2.22. The van der Waals surface area contributed by atoms with Gasteiger partial charge in [0, 0.05) is 19.5 Å². The van der Waals surface area contributed by atoms with E-state index in [1.807, 2.05) is 18.7 Å². The molecular formula is C9H14N2O2. The van der Waals surface area contributed by atoms with E-state index in [4.69, 9.17) is 4.42 Å². The van der Waals surface area contributed by atoms with Crippen LogP contribution in [0.2, 0.25) is 0 Å². The van der Waals surface area contributed by atoms with Gasteiger partial charge in [-0.05, 0) is 13.8 Å². The van der Waals surface area contributed by atoms with Crippen LogP contribution in [0, 0.1) is 0 Å². The SMILES string of the molecule is CCN(CC)c1nc(CC=O)co1. The molecule has 0 aromatic carbocycles. The Labute approximate surface area is 77.6 Å². The molecular weight excluding hydrogens is 168 g/mol. The van der Waals surface area contributed by atoms with Gasteiger partial charge in [0.2, 0.25) is 0 Å². The molecule has 1 aromatic rings. The van der Waals surface area contributed by atoms with E-state index in [2.05, 4.69) is 4.98 Å². The summed E-state index contributed by atoms with van der Waals surface area (Å²) in [7, 11) is 0. The summed E-state index contributed by atoms with van der Waals surface area (Å²) in [6.45, 7) is 5.79. The first kappa shape index (κ1) is 9.77. The van der Waals surface area contributed by atoms with E-state index in [1.54, 1.807) is 0 Å². The highest BCUT2D eigenvalue weighted by Gasteiger charge is 2.08. The Bertz CT molecular complexity index is 266. The summed E-state index contributed by atoms with van der Waals surface area (Å²) >= 11 is 0. The number of anilines is 1. The van der Waals surface area contributed by atoms with Crippen molar-refractivity contribution in [2.45, 2.75) is 20.3 Å². The fourth-order valence-electron chi connectivity index (χ4n) is 1.11. The Balaban J connectivity index is 2.71. The molecule has 0 amide bonds. The van der Waals surface area contributed by atoms with E-state index in [0.717, 1.165) is 19.4 Å². The fourth-order valence-corrected chi connectivity index (χ4v) is 1.11. The average molecular weight is 182 g/mol. The number of rotatable bonds is 5. The largest absolute Gasteiger partial charge is 0.432 e. The van der Waals surface area contributed by atoms with Crippen LogP contribution in [0.5, 0.6) is 0 Å². The average Bonchev–Trinajstić information content (AvgIpc) is 2.56. The number of carbonyl (C=O) groups excluding carboxylic acids is 1. The first-order valence-corrected chi connectivity index (χ1v) is 4.44. The zero-order chi connectivity index (χ0) is 9.68. The van der Waals surface area contributed by atoms with Gasteiger partial charge in [0.05, 0.1) is 5.69 Å². The molecule has 1 rings (SSSR count). The van der Waals surface area contributed by atoms with Gasteiger partial charge in [0.15, 0.2) is 0 Å². The molecule has 0 atom stereocenters. The zero-order valence-corrected chi connectivity index (χ0v) is 7.99. The summed E-state index contributed by atoms with van der Waals surface area (Å²) in [5, 5.41) is 0. The predicted octanol–water partition coefficient (Wildman–Crippen LogP) is 1.26. The van der Waals surface area contributed by atoms with Gasteiger partial charge in [0.1, 0.15) is 12.5 Å². The van der Waals surface area contributed by atoms with Crippen LogP contribution in [0.25, 0.3) is 0 Å². The molecule has 0 radical (unpaired) electrons. The van der Waals surface area contributed by atoms with E-state index in [1.165, 1.54) is 6.26 Å². The van der Waals surface area contributed by atoms with Gasteiger partial charge in [-0.1, -0.05) is 0 Å². The molecule has 0 N–H and O–H groups in total. The van der Waals surface area contributed by atoms with Crippen molar-refractivity contribution >= 4 is 12.3 Å². The Morgan fingerprint density at radius 1 is 1.54 bits per heavy atom. The zero-order valence-electron chi connectivity index (χ0n) is 7.99. The highest BCUT2D eigenvalue weighted by Crippen LogP contribution is 2.12. The van der Waals surface area contributed by atoms with Crippen molar-refractivity contribution in [2.75, 3.05) is 18.0 Å². The predicted molar refractivity (Wildman–Crippen MR) is 49.8 cm³/mol. The van der Waals surface area contributed by atoms with Gasteiger partial charge in [-0.2, -0.15) is 4.98 Å². The summed E-state index contributed by atoms with van der Waals surface area (Å²) < 4.78 is 5.22. The highest BCUT2D eigenvalue weighted by atomic mass is 16.4. The summed E-state index contributed by atoms with van der Waals surface area (Å²) in [6, 6.07) is 0.599. The van der Waals surface area contributed by atoms with Gasteiger partial charge < -0.3 is 14.1 Å². The molecule has 1 aromatic heterocycles. The van der Waals surface area contributed by atoms with Crippen LogP contribution in [0.15, 0.2) is 10.7 Å². The monoisotopic (exact) mass is 182 g/mol. The van der Waals surface area contributed by atoms with Crippen LogP contribution in [-0.2, 0) is 11.2 Å². The molecule has 4 nitrogen and oxygen atoms in total. The van der Waals surface area contributed by atoms with Gasteiger partial charge >= 0.3 is 0 Å². The second-order valence-corrected chi connectivity index (χ2v) is 2.66. The van der Waals surface area contributed by atoms with Crippen LogP contribution in [0.4, 0.5) is 6.01 Å². The lowest BCUT2D eigenvalue weighted by Gasteiger charge is -2.14. The molecule has 0 bridgehead atoms. The van der Waals surface area contributed by atoms with Crippen LogP contribution in [0.3, 0.4) is 0 Å². The topological polar surface area (TPSA) is 46.3 Å². The third-order valence-corrected chi connectivity index (χ3v) is 1.87. The number of carbonyl (C=O) groups is 1. The number of aromatic nitrogens is 1. The molecule has 0 aliphatic rings. The van der Waals surface area contributed by atoms with Crippen molar-refractivity contribution in [1.29, 1.82) is 0 Å². The van der Waals surface area contributed by atoms with Gasteiger partial charge in [-0.3, -0.25) is 0 Å². The Kier molecular flexibility index (Phi) is 3.49. The van der Waals surface area contributed by atoms with Crippen LogP contribution in [-0.4, -0.2) is 24.4 Å². The van der Waals surface area contributed by atoms with Crippen molar-refractivity contribution in [1.82, 2.24) is 4.98 Å². The Morgan fingerprint density at radius 2 is 2.23 bits per heavy atom. The molecule has 1 heterocycles. The third-order valence-electron chi connectivity index (χ3n) is 1.87. The highest BCUT2D eigenvalue weighted by molar-refractivity contribution is 5.53. The quantitative estimate of drug-likeness (QED) is 0.643. The van der Waals surface area contributed by atoms with Crippen molar-refractivity contribution in [2.24, 2.45) is 0 Å². The maximum Gasteiger partial charge on any atom is 0.297 e. The molecule has 13 heavy (non-hydrogen) atoms. The molecule has 0 unspecified atom stereocenters. The van der Waals surface area contributed by atoms with Crippen LogP contribution < -0.4 is 4.90 Å². The Morgan fingerprint density at radius 3 is 2.77 bits per heavy atom. The number of nitrogens with zero attached hydrogens (tertiary/aromatic N) is 2. The number of oxazole rings is 1. The summed E-state index contributed by atoms with van der Waals surface area (Å²) in [5.41, 5.74) is 0.692. The normalized spacial score (nSPS) is 10.0. The molecule has 0 saturated carbocycles. The molecule has 0 saturated heterocycles. The maximum atomic E-state index is 10.2. The van der Waals surface area contributed by atoms with Gasteiger partial charge in [0.25, 0.3) is 6.01 Å². The summed E-state index contributed by atoms with van der Waals surface area (Å²) in [6.07, 6.45) is 2.68. The molecule has 0 spiro atoms. The van der Waals surface area contributed by atoms with E-state index in [-0.39, 0.29) is 0 Å². The number of hydrogen-bond donors (Lipinski definition) is 0. The summed E-state index contributed by atoms with van der Waals surface area (Å²) in [4.78, 5) is 16.4. The van der Waals surface area contributed by atoms with Crippen molar-refractivity contribution in [3.05, 3.63) is 12.0 Å². The smallest absolute Gasteiger partial charge is 0.297 e. The molecule has 4 heteroatoms. The van der Waals surface area contributed by atoms with Gasteiger partial charge in [-0.15, -0.1) is 0 Å². The molecule has 72 valence electrons. The van der Waals surface area contributed by atoms with E-state index in [9.17, 15) is 4.79 Å². The van der Waals surface area contributed by atoms with Crippen LogP contribution in [0.1, 0.15) is 19.5 Å². The number of aldehydes is 1. The number of hydrogen-bond acceptors (Lipinski definition) is 4. The van der Waals surface area contributed by atoms with Crippen molar-refractivity contribution in [3.8, 4) is 0 Å². The minimum absolute atomic E-state index is 0.324. The minimum Gasteiger partial charge on any atom is -0.432 e. The van der Waals surface area contributed by atoms with Crippen molar-refractivity contribution in [3.63, 3.8) is 0 Å². The minimum atomic E-state index is 0.324. The molecule has 0 aliphatic carbocycles. The Hall–Kier alpha value is -1.32. The second-order valence-electron chi connectivity index (χ2n) is 2.66. The van der Waals surface area contributed by atoms with Crippen LogP contribution >= 0.6 is 0 Å². The second kappa shape index (κ2) is 4.64. The van der Waals surface area contributed by atoms with E-state index < -0.39 is 0 Å².